The van der Waals surface area contributed by atoms with Gasteiger partial charge in [-0.2, -0.15) is 0 Å². The predicted octanol–water partition coefficient (Wildman–Crippen LogP) is 1.76. The zero-order chi connectivity index (χ0) is 14.1. The van der Waals surface area contributed by atoms with E-state index in [9.17, 15) is 4.79 Å². The number of carbonyl (C=O) groups excluding carboxylic acids is 1. The number of likely N-dealkylation sites (N-methyl/N-ethyl adjacent to an activating group) is 1. The highest BCUT2D eigenvalue weighted by molar-refractivity contribution is 5.68. The predicted molar refractivity (Wildman–Crippen MR) is 73.2 cm³/mol. The monoisotopic (exact) mass is 270 g/mol. The SMILES string of the molecule is CCN(C(=O)OC(C)(C)C)[C@H]1CO[C@@]2(CCNC2)C1. The number of nitrogens with one attached hydrogen (secondary N) is 1. The molecule has 0 aliphatic carbocycles. The highest BCUT2D eigenvalue weighted by Crippen LogP contribution is 2.34. The number of rotatable bonds is 2. The van der Waals surface area contributed by atoms with E-state index in [0.29, 0.717) is 13.2 Å². The van der Waals surface area contributed by atoms with Crippen LogP contribution in [0.3, 0.4) is 0 Å². The summed E-state index contributed by atoms with van der Waals surface area (Å²) in [6, 6.07) is 0.139. The van der Waals surface area contributed by atoms with Crippen LogP contribution in [0, 0.1) is 0 Å². The van der Waals surface area contributed by atoms with Crippen LogP contribution in [0.15, 0.2) is 0 Å². The number of hydrogen-bond donors (Lipinski definition) is 1. The summed E-state index contributed by atoms with van der Waals surface area (Å²) in [7, 11) is 0. The Morgan fingerprint density at radius 3 is 2.79 bits per heavy atom. The third-order valence-electron chi connectivity index (χ3n) is 3.80. The Bertz CT molecular complexity index is 332. The lowest BCUT2D eigenvalue weighted by atomic mass is 9.96. The van der Waals surface area contributed by atoms with Gasteiger partial charge in [-0.1, -0.05) is 0 Å². The van der Waals surface area contributed by atoms with Gasteiger partial charge in [-0.3, -0.25) is 0 Å². The van der Waals surface area contributed by atoms with Crippen LogP contribution in [-0.4, -0.2) is 54.5 Å². The molecule has 2 saturated heterocycles. The summed E-state index contributed by atoms with van der Waals surface area (Å²) in [6.07, 6.45) is 1.72. The van der Waals surface area contributed by atoms with Crippen LogP contribution in [0.4, 0.5) is 4.79 Å². The first kappa shape index (κ1) is 14.6. The molecule has 110 valence electrons. The van der Waals surface area contributed by atoms with E-state index in [2.05, 4.69) is 5.32 Å². The Morgan fingerprint density at radius 2 is 2.26 bits per heavy atom. The van der Waals surface area contributed by atoms with Gasteiger partial charge in [0.15, 0.2) is 0 Å². The molecule has 2 atom stereocenters. The van der Waals surface area contributed by atoms with Crippen LogP contribution >= 0.6 is 0 Å². The Labute approximate surface area is 115 Å². The highest BCUT2D eigenvalue weighted by atomic mass is 16.6. The largest absolute Gasteiger partial charge is 0.444 e. The molecule has 2 aliphatic heterocycles. The van der Waals surface area contributed by atoms with Crippen molar-refractivity contribution >= 4 is 6.09 Å². The zero-order valence-electron chi connectivity index (χ0n) is 12.5. The topological polar surface area (TPSA) is 50.8 Å². The van der Waals surface area contributed by atoms with Crippen molar-refractivity contribution in [3.63, 3.8) is 0 Å². The standard InChI is InChI=1S/C14H26N2O3/c1-5-16(12(17)19-13(2,3)4)11-8-14(18-9-11)6-7-15-10-14/h11,15H,5-10H2,1-4H3/t11-,14+/m1/s1. The smallest absolute Gasteiger partial charge is 0.410 e. The Morgan fingerprint density at radius 1 is 1.53 bits per heavy atom. The summed E-state index contributed by atoms with van der Waals surface area (Å²) < 4.78 is 11.4. The number of carbonyl (C=O) groups is 1. The molecule has 0 aromatic rings. The first-order chi connectivity index (χ1) is 8.85. The Kier molecular flexibility index (Phi) is 4.06. The minimum absolute atomic E-state index is 0.0555. The summed E-state index contributed by atoms with van der Waals surface area (Å²) in [5.74, 6) is 0. The molecule has 19 heavy (non-hydrogen) atoms. The summed E-state index contributed by atoms with van der Waals surface area (Å²) >= 11 is 0. The van der Waals surface area contributed by atoms with Crippen LogP contribution in [0.1, 0.15) is 40.5 Å². The van der Waals surface area contributed by atoms with Gasteiger partial charge in [0.25, 0.3) is 0 Å². The van der Waals surface area contributed by atoms with Gasteiger partial charge >= 0.3 is 6.09 Å². The van der Waals surface area contributed by atoms with E-state index < -0.39 is 5.60 Å². The lowest BCUT2D eigenvalue weighted by molar-refractivity contribution is 0.00879. The van der Waals surface area contributed by atoms with Crippen molar-refractivity contribution < 1.29 is 14.3 Å². The molecule has 5 heteroatoms. The van der Waals surface area contributed by atoms with Crippen LogP contribution in [0.2, 0.25) is 0 Å². The molecule has 2 aliphatic rings. The number of nitrogens with zero attached hydrogens (tertiary/aromatic N) is 1. The van der Waals surface area contributed by atoms with Gasteiger partial charge in [0.05, 0.1) is 18.2 Å². The van der Waals surface area contributed by atoms with Crippen molar-refractivity contribution in [2.75, 3.05) is 26.2 Å². The van der Waals surface area contributed by atoms with Crippen molar-refractivity contribution in [2.45, 2.75) is 57.8 Å². The molecule has 1 N–H and O–H groups in total. The molecule has 5 nitrogen and oxygen atoms in total. The van der Waals surface area contributed by atoms with Crippen molar-refractivity contribution in [2.24, 2.45) is 0 Å². The van der Waals surface area contributed by atoms with Crippen LogP contribution in [-0.2, 0) is 9.47 Å². The molecule has 1 amide bonds. The first-order valence-corrected chi connectivity index (χ1v) is 7.19. The molecular weight excluding hydrogens is 244 g/mol. The Hall–Kier alpha value is -0.810. The van der Waals surface area contributed by atoms with Crippen LogP contribution in [0.5, 0.6) is 0 Å². The van der Waals surface area contributed by atoms with E-state index >= 15 is 0 Å². The third kappa shape index (κ3) is 3.39. The lowest BCUT2D eigenvalue weighted by Crippen LogP contribution is -2.44. The molecule has 0 aromatic carbocycles. The van der Waals surface area contributed by atoms with E-state index in [0.717, 1.165) is 25.9 Å². The van der Waals surface area contributed by atoms with Crippen LogP contribution < -0.4 is 5.32 Å². The maximum atomic E-state index is 12.2. The van der Waals surface area contributed by atoms with Gasteiger partial charge in [0.1, 0.15) is 5.60 Å². The number of ether oxygens (including phenoxy) is 2. The third-order valence-corrected chi connectivity index (χ3v) is 3.80. The van der Waals surface area contributed by atoms with Gasteiger partial charge in [-0.05, 0) is 40.7 Å². The summed E-state index contributed by atoms with van der Waals surface area (Å²) in [5.41, 5.74) is -0.503. The van der Waals surface area contributed by atoms with Gasteiger partial charge in [0, 0.05) is 19.5 Å². The van der Waals surface area contributed by atoms with E-state index in [-0.39, 0.29) is 17.7 Å². The molecule has 0 aromatic heterocycles. The molecular formula is C14H26N2O3. The molecule has 2 fully saturated rings. The average molecular weight is 270 g/mol. The summed E-state index contributed by atoms with van der Waals surface area (Å²) in [6.45, 7) is 10.9. The normalized spacial score (nSPS) is 30.8. The highest BCUT2D eigenvalue weighted by Gasteiger charge is 2.45. The maximum Gasteiger partial charge on any atom is 0.410 e. The van der Waals surface area contributed by atoms with E-state index in [1.165, 1.54) is 0 Å². The molecule has 0 saturated carbocycles. The minimum Gasteiger partial charge on any atom is -0.444 e. The van der Waals surface area contributed by atoms with Gasteiger partial charge in [-0.25, -0.2) is 4.79 Å². The lowest BCUT2D eigenvalue weighted by Gasteiger charge is -2.30. The quantitative estimate of drug-likeness (QED) is 0.831. The second kappa shape index (κ2) is 5.29. The van der Waals surface area contributed by atoms with Gasteiger partial charge in [-0.15, -0.1) is 0 Å². The zero-order valence-corrected chi connectivity index (χ0v) is 12.5. The maximum absolute atomic E-state index is 12.2. The fraction of sp³-hybridized carbons (Fsp3) is 0.929. The molecule has 0 bridgehead atoms. The van der Waals surface area contributed by atoms with E-state index in [1.54, 1.807) is 4.90 Å². The average Bonchev–Trinajstić information content (AvgIpc) is 2.89. The van der Waals surface area contributed by atoms with Gasteiger partial charge < -0.3 is 19.7 Å². The van der Waals surface area contributed by atoms with E-state index in [4.69, 9.17) is 9.47 Å². The van der Waals surface area contributed by atoms with Gasteiger partial charge in [0.2, 0.25) is 0 Å². The summed E-state index contributed by atoms with van der Waals surface area (Å²) in [5, 5.41) is 3.34. The second-order valence-corrected chi connectivity index (χ2v) is 6.55. The van der Waals surface area contributed by atoms with Crippen molar-refractivity contribution in [1.29, 1.82) is 0 Å². The Balaban J connectivity index is 1.97. The molecule has 0 unspecified atom stereocenters. The minimum atomic E-state index is -0.448. The molecule has 2 heterocycles. The molecule has 0 radical (unpaired) electrons. The number of hydrogen-bond acceptors (Lipinski definition) is 4. The number of amides is 1. The second-order valence-electron chi connectivity index (χ2n) is 6.55. The van der Waals surface area contributed by atoms with Crippen molar-refractivity contribution in [3.05, 3.63) is 0 Å². The molecule has 2 rings (SSSR count). The fourth-order valence-corrected chi connectivity index (χ4v) is 2.90. The van der Waals surface area contributed by atoms with Crippen molar-refractivity contribution in [1.82, 2.24) is 10.2 Å². The van der Waals surface area contributed by atoms with Crippen LogP contribution in [0.25, 0.3) is 0 Å². The van der Waals surface area contributed by atoms with Crippen molar-refractivity contribution in [3.8, 4) is 0 Å². The summed E-state index contributed by atoms with van der Waals surface area (Å²) in [4.78, 5) is 14.0. The first-order valence-electron chi connectivity index (χ1n) is 7.19. The molecule has 1 spiro atoms. The fourth-order valence-electron chi connectivity index (χ4n) is 2.90. The van der Waals surface area contributed by atoms with E-state index in [1.807, 2.05) is 27.7 Å².